The summed E-state index contributed by atoms with van der Waals surface area (Å²) in [5.74, 6) is -1.25. The quantitative estimate of drug-likeness (QED) is 0.880. The predicted molar refractivity (Wildman–Crippen MR) is 73.7 cm³/mol. The zero-order valence-electron chi connectivity index (χ0n) is 10.3. The lowest BCUT2D eigenvalue weighted by molar-refractivity contribution is -0.122. The van der Waals surface area contributed by atoms with E-state index in [1.165, 1.54) is 0 Å². The number of carbonyl (C=O) groups excluding carboxylic acids is 1. The Bertz CT molecular complexity index is 519. The molecule has 1 unspecified atom stereocenters. The van der Waals surface area contributed by atoms with Crippen LogP contribution in [-0.2, 0) is 11.3 Å². The van der Waals surface area contributed by atoms with Crippen molar-refractivity contribution < 1.29 is 14.7 Å². The normalized spacial score (nSPS) is 19.5. The van der Waals surface area contributed by atoms with Crippen molar-refractivity contribution >= 4 is 27.8 Å². The summed E-state index contributed by atoms with van der Waals surface area (Å²) in [7, 11) is 0. The number of halogens is 1. The zero-order chi connectivity index (χ0) is 14.0. The minimum atomic E-state index is -0.955. The fourth-order valence-corrected chi connectivity index (χ4v) is 2.87. The van der Waals surface area contributed by atoms with Gasteiger partial charge in [0.15, 0.2) is 0 Å². The summed E-state index contributed by atoms with van der Waals surface area (Å²) in [5.41, 5.74) is 6.57. The van der Waals surface area contributed by atoms with Crippen molar-refractivity contribution in [1.82, 2.24) is 4.90 Å². The van der Waals surface area contributed by atoms with E-state index in [2.05, 4.69) is 15.9 Å². The molecule has 0 saturated carbocycles. The van der Waals surface area contributed by atoms with Gasteiger partial charge in [-0.1, -0.05) is 22.0 Å². The molecule has 19 heavy (non-hydrogen) atoms. The third-order valence-corrected chi connectivity index (χ3v) is 4.10. The largest absolute Gasteiger partial charge is 0.478 e. The first-order valence-corrected chi connectivity index (χ1v) is 6.83. The smallest absolute Gasteiger partial charge is 0.335 e. The maximum atomic E-state index is 11.3. The summed E-state index contributed by atoms with van der Waals surface area (Å²) < 4.78 is 0.738. The first-order valence-electron chi connectivity index (χ1n) is 6.04. The number of nitrogens with zero attached hydrogens (tertiary/aromatic N) is 1. The van der Waals surface area contributed by atoms with Gasteiger partial charge in [-0.3, -0.25) is 9.69 Å². The van der Waals surface area contributed by atoms with E-state index in [0.717, 1.165) is 29.4 Å². The zero-order valence-corrected chi connectivity index (χ0v) is 11.9. The van der Waals surface area contributed by atoms with Gasteiger partial charge in [0.25, 0.3) is 0 Å². The number of carbonyl (C=O) groups is 2. The molecule has 1 aromatic carbocycles. The minimum Gasteiger partial charge on any atom is -0.478 e. The number of carboxylic acids is 1. The van der Waals surface area contributed by atoms with Gasteiger partial charge in [-0.2, -0.15) is 0 Å². The molecule has 1 aliphatic rings. The summed E-state index contributed by atoms with van der Waals surface area (Å²) >= 11 is 3.37. The molecule has 0 aromatic heterocycles. The third-order valence-electron chi connectivity index (χ3n) is 3.37. The van der Waals surface area contributed by atoms with E-state index < -0.39 is 5.97 Å². The van der Waals surface area contributed by atoms with Crippen LogP contribution < -0.4 is 5.73 Å². The minimum absolute atomic E-state index is 0.217. The standard InChI is InChI=1S/C13H15BrN2O3/c14-10-6-8(13(18)19)3-4-9(10)7-16-5-1-2-11(16)12(15)17/h3-4,6,11H,1-2,5,7H2,(H2,15,17)(H,18,19). The van der Waals surface area contributed by atoms with E-state index in [-0.39, 0.29) is 17.5 Å². The van der Waals surface area contributed by atoms with Gasteiger partial charge in [0.05, 0.1) is 11.6 Å². The van der Waals surface area contributed by atoms with Gasteiger partial charge in [0.2, 0.25) is 5.91 Å². The Labute approximate surface area is 119 Å². The first kappa shape index (κ1) is 14.0. The molecule has 6 heteroatoms. The van der Waals surface area contributed by atoms with Crippen molar-refractivity contribution in [2.75, 3.05) is 6.54 Å². The number of hydrogen-bond acceptors (Lipinski definition) is 3. The SMILES string of the molecule is NC(=O)C1CCCN1Cc1ccc(C(=O)O)cc1Br. The number of nitrogens with two attached hydrogens (primary N) is 1. The topological polar surface area (TPSA) is 83.6 Å². The molecule has 1 fully saturated rings. The van der Waals surface area contributed by atoms with Gasteiger partial charge in [-0.25, -0.2) is 4.79 Å². The van der Waals surface area contributed by atoms with Gasteiger partial charge < -0.3 is 10.8 Å². The lowest BCUT2D eigenvalue weighted by Gasteiger charge is -2.22. The van der Waals surface area contributed by atoms with Crippen LogP contribution in [0.3, 0.4) is 0 Å². The van der Waals surface area contributed by atoms with E-state index in [1.54, 1.807) is 18.2 Å². The number of carboxylic acid groups (broad SMARTS) is 1. The Morgan fingerprint density at radius 1 is 1.47 bits per heavy atom. The number of primary amides is 1. The predicted octanol–water partition coefficient (Wildman–Crippen LogP) is 1.60. The molecule has 3 N–H and O–H groups in total. The van der Waals surface area contributed by atoms with Gasteiger partial charge >= 0.3 is 5.97 Å². The summed E-state index contributed by atoms with van der Waals surface area (Å²) in [6.45, 7) is 1.43. The number of hydrogen-bond donors (Lipinski definition) is 2. The molecule has 1 saturated heterocycles. The second-order valence-corrected chi connectivity index (χ2v) is 5.50. The number of benzene rings is 1. The Kier molecular flexibility index (Phi) is 4.21. The van der Waals surface area contributed by atoms with Gasteiger partial charge in [0.1, 0.15) is 0 Å². The number of likely N-dealkylation sites (tertiary alicyclic amines) is 1. The third kappa shape index (κ3) is 3.13. The van der Waals surface area contributed by atoms with Crippen LogP contribution in [0.25, 0.3) is 0 Å². The van der Waals surface area contributed by atoms with Crippen LogP contribution in [0.4, 0.5) is 0 Å². The van der Waals surface area contributed by atoms with Gasteiger partial charge in [0, 0.05) is 11.0 Å². The molecule has 1 heterocycles. The Hall–Kier alpha value is -1.40. The Morgan fingerprint density at radius 2 is 2.21 bits per heavy atom. The molecule has 1 aromatic rings. The molecule has 0 aliphatic carbocycles. The van der Waals surface area contributed by atoms with Crippen LogP contribution in [0.5, 0.6) is 0 Å². The van der Waals surface area contributed by atoms with Crippen LogP contribution in [0, 0.1) is 0 Å². The maximum absolute atomic E-state index is 11.3. The molecular weight excluding hydrogens is 312 g/mol. The molecule has 1 amide bonds. The maximum Gasteiger partial charge on any atom is 0.335 e. The highest BCUT2D eigenvalue weighted by Gasteiger charge is 2.29. The van der Waals surface area contributed by atoms with E-state index in [9.17, 15) is 9.59 Å². The van der Waals surface area contributed by atoms with Gasteiger partial charge in [-0.15, -0.1) is 0 Å². The van der Waals surface area contributed by atoms with Crippen molar-refractivity contribution in [2.45, 2.75) is 25.4 Å². The molecule has 102 valence electrons. The average molecular weight is 327 g/mol. The highest BCUT2D eigenvalue weighted by atomic mass is 79.9. The molecular formula is C13H15BrN2O3. The number of rotatable bonds is 4. The fourth-order valence-electron chi connectivity index (χ4n) is 2.36. The van der Waals surface area contributed by atoms with E-state index in [0.29, 0.717) is 6.54 Å². The van der Waals surface area contributed by atoms with Crippen molar-refractivity contribution in [1.29, 1.82) is 0 Å². The van der Waals surface area contributed by atoms with Crippen molar-refractivity contribution in [2.24, 2.45) is 5.73 Å². The van der Waals surface area contributed by atoms with E-state index in [1.807, 2.05) is 4.90 Å². The second-order valence-electron chi connectivity index (χ2n) is 4.64. The summed E-state index contributed by atoms with van der Waals surface area (Å²) in [6.07, 6.45) is 1.75. The molecule has 2 rings (SSSR count). The Morgan fingerprint density at radius 3 is 2.79 bits per heavy atom. The lowest BCUT2D eigenvalue weighted by Crippen LogP contribution is -2.39. The highest BCUT2D eigenvalue weighted by molar-refractivity contribution is 9.10. The monoisotopic (exact) mass is 326 g/mol. The molecule has 0 spiro atoms. The van der Waals surface area contributed by atoms with E-state index in [4.69, 9.17) is 10.8 Å². The second kappa shape index (κ2) is 5.71. The molecule has 0 radical (unpaired) electrons. The number of amides is 1. The molecule has 5 nitrogen and oxygen atoms in total. The lowest BCUT2D eigenvalue weighted by atomic mass is 10.1. The van der Waals surface area contributed by atoms with E-state index >= 15 is 0 Å². The molecule has 1 aliphatic heterocycles. The average Bonchev–Trinajstić information content (AvgIpc) is 2.79. The van der Waals surface area contributed by atoms with Crippen LogP contribution in [0.15, 0.2) is 22.7 Å². The van der Waals surface area contributed by atoms with Crippen molar-refractivity contribution in [3.8, 4) is 0 Å². The van der Waals surface area contributed by atoms with Crippen LogP contribution in [0.1, 0.15) is 28.8 Å². The number of aromatic carboxylic acids is 1. The highest BCUT2D eigenvalue weighted by Crippen LogP contribution is 2.25. The van der Waals surface area contributed by atoms with Gasteiger partial charge in [-0.05, 0) is 37.1 Å². The summed E-state index contributed by atoms with van der Waals surface area (Å²) in [6, 6.07) is 4.69. The summed E-state index contributed by atoms with van der Waals surface area (Å²) in [4.78, 5) is 24.2. The van der Waals surface area contributed by atoms with Crippen LogP contribution in [0.2, 0.25) is 0 Å². The summed E-state index contributed by atoms with van der Waals surface area (Å²) in [5, 5.41) is 8.91. The van der Waals surface area contributed by atoms with Crippen molar-refractivity contribution in [3.05, 3.63) is 33.8 Å². The van der Waals surface area contributed by atoms with Crippen molar-refractivity contribution in [3.63, 3.8) is 0 Å². The molecule has 0 bridgehead atoms. The fraction of sp³-hybridized carbons (Fsp3) is 0.385. The molecule has 1 atom stereocenters. The first-order chi connectivity index (χ1) is 8.99. The van der Waals surface area contributed by atoms with Crippen LogP contribution in [-0.4, -0.2) is 34.5 Å². The Balaban J connectivity index is 2.15. The van der Waals surface area contributed by atoms with Crippen LogP contribution >= 0.6 is 15.9 Å².